The van der Waals surface area contributed by atoms with Crippen LogP contribution in [0, 0.1) is 0 Å². The largest absolute Gasteiger partial charge is 0.416 e. The summed E-state index contributed by atoms with van der Waals surface area (Å²) in [7, 11) is 0. The molecule has 114 valence electrons. The molecule has 1 aliphatic heterocycles. The van der Waals surface area contributed by atoms with E-state index in [9.17, 15) is 13.2 Å². The smallest absolute Gasteiger partial charge is 0.354 e. The first-order chi connectivity index (χ1) is 10.5. The zero-order valence-electron chi connectivity index (χ0n) is 11.5. The van der Waals surface area contributed by atoms with Crippen LogP contribution in [0.3, 0.4) is 0 Å². The Kier molecular flexibility index (Phi) is 3.70. The minimum absolute atomic E-state index is 0.430. The summed E-state index contributed by atoms with van der Waals surface area (Å²) in [6.07, 6.45) is -1.28. The van der Waals surface area contributed by atoms with Gasteiger partial charge in [0.05, 0.1) is 12.1 Å². The Morgan fingerprint density at radius 2 is 2.05 bits per heavy atom. The van der Waals surface area contributed by atoms with Crippen molar-refractivity contribution in [2.24, 2.45) is 4.99 Å². The Balaban J connectivity index is 2.05. The van der Waals surface area contributed by atoms with Crippen LogP contribution < -0.4 is 10.6 Å². The molecule has 2 aromatic rings. The molecule has 0 fully saturated rings. The monoisotopic (exact) mass is 306 g/mol. The molecule has 0 saturated heterocycles. The molecule has 1 aromatic heterocycles. The molecule has 0 radical (unpaired) electrons. The maximum absolute atomic E-state index is 12.9. The van der Waals surface area contributed by atoms with Crippen LogP contribution in [0.15, 0.2) is 47.7 Å². The van der Waals surface area contributed by atoms with Crippen LogP contribution in [0.5, 0.6) is 0 Å². The number of hydrogen-bond donors (Lipinski definition) is 2. The number of nitrogens with zero attached hydrogens (tertiary/aromatic N) is 2. The first-order valence-corrected chi connectivity index (χ1v) is 6.71. The van der Waals surface area contributed by atoms with Crippen LogP contribution in [-0.2, 0) is 6.18 Å². The van der Waals surface area contributed by atoms with Crippen molar-refractivity contribution in [3.05, 3.63) is 48.3 Å². The minimum Gasteiger partial charge on any atom is -0.354 e. The van der Waals surface area contributed by atoms with Crippen LogP contribution in [-0.4, -0.2) is 24.0 Å². The van der Waals surface area contributed by atoms with E-state index in [1.807, 2.05) is 0 Å². The van der Waals surface area contributed by atoms with Crippen molar-refractivity contribution in [2.75, 3.05) is 18.4 Å². The average Bonchev–Trinajstić information content (AvgIpc) is 3.00. The molecule has 0 saturated carbocycles. The Labute approximate surface area is 125 Å². The lowest BCUT2D eigenvalue weighted by Gasteiger charge is -2.15. The van der Waals surface area contributed by atoms with Crippen molar-refractivity contribution in [1.82, 2.24) is 10.3 Å². The molecule has 1 aromatic carbocycles. The minimum atomic E-state index is -4.39. The quantitative estimate of drug-likeness (QED) is 0.896. The normalized spacial score (nSPS) is 14.4. The molecule has 0 bridgehead atoms. The van der Waals surface area contributed by atoms with Crippen LogP contribution >= 0.6 is 0 Å². The lowest BCUT2D eigenvalue weighted by atomic mass is 10.0. The number of hydrogen-bond acceptors (Lipinski definition) is 4. The maximum Gasteiger partial charge on any atom is 0.416 e. The first kappa shape index (κ1) is 14.4. The number of rotatable bonds is 2. The van der Waals surface area contributed by atoms with Gasteiger partial charge in [-0.05, 0) is 24.3 Å². The number of aliphatic imine (C=N–C) groups is 1. The van der Waals surface area contributed by atoms with E-state index in [1.165, 1.54) is 12.3 Å². The van der Waals surface area contributed by atoms with Gasteiger partial charge in [-0.2, -0.15) is 13.2 Å². The third kappa shape index (κ3) is 3.03. The fourth-order valence-electron chi connectivity index (χ4n) is 2.20. The first-order valence-electron chi connectivity index (χ1n) is 6.71. The number of halogens is 3. The van der Waals surface area contributed by atoms with Crippen LogP contribution in [0.1, 0.15) is 5.56 Å². The topological polar surface area (TPSA) is 49.3 Å². The van der Waals surface area contributed by atoms with Gasteiger partial charge < -0.3 is 10.6 Å². The van der Waals surface area contributed by atoms with Crippen molar-refractivity contribution in [3.63, 3.8) is 0 Å². The second kappa shape index (κ2) is 5.67. The lowest BCUT2D eigenvalue weighted by molar-refractivity contribution is -0.137. The molecule has 0 spiro atoms. The van der Waals surface area contributed by atoms with Crippen LogP contribution in [0.2, 0.25) is 0 Å². The molecule has 0 aliphatic carbocycles. The van der Waals surface area contributed by atoms with Gasteiger partial charge in [0.1, 0.15) is 0 Å². The van der Waals surface area contributed by atoms with E-state index in [0.29, 0.717) is 35.9 Å². The van der Waals surface area contributed by atoms with Crippen molar-refractivity contribution < 1.29 is 13.2 Å². The molecule has 4 nitrogen and oxygen atoms in total. The fourth-order valence-corrected chi connectivity index (χ4v) is 2.20. The summed E-state index contributed by atoms with van der Waals surface area (Å²) in [5.74, 6) is 0.560. The molecule has 22 heavy (non-hydrogen) atoms. The van der Waals surface area contributed by atoms with E-state index in [2.05, 4.69) is 20.6 Å². The van der Waals surface area contributed by atoms with Crippen molar-refractivity contribution in [3.8, 4) is 11.1 Å². The molecule has 2 N–H and O–H groups in total. The second-order valence-corrected chi connectivity index (χ2v) is 4.78. The van der Waals surface area contributed by atoms with Gasteiger partial charge in [-0.3, -0.25) is 9.98 Å². The number of alkyl halides is 3. The van der Waals surface area contributed by atoms with Gasteiger partial charge in [-0.1, -0.05) is 6.07 Å². The summed E-state index contributed by atoms with van der Waals surface area (Å²) >= 11 is 0. The van der Waals surface area contributed by atoms with E-state index >= 15 is 0 Å². The standard InChI is InChI=1S/C15H13F3N4/c16-15(17,18)11-3-4-13(22-14-20-6-7-21-14)12(8-11)10-2-1-5-19-9-10/h1-5,8-9H,6-7H2,(H2,20,21,22). The van der Waals surface area contributed by atoms with Gasteiger partial charge in [0.25, 0.3) is 0 Å². The van der Waals surface area contributed by atoms with Crippen molar-refractivity contribution >= 4 is 11.6 Å². The zero-order chi connectivity index (χ0) is 15.6. The molecular formula is C15H13F3N4. The SMILES string of the molecule is FC(F)(F)c1ccc(NC2=NCCN2)c(-c2cccnc2)c1. The number of anilines is 1. The molecule has 2 heterocycles. The fraction of sp³-hybridized carbons (Fsp3) is 0.200. The van der Waals surface area contributed by atoms with Crippen LogP contribution in [0.25, 0.3) is 11.1 Å². The predicted molar refractivity (Wildman–Crippen MR) is 78.6 cm³/mol. The van der Waals surface area contributed by atoms with E-state index in [4.69, 9.17) is 0 Å². The Hall–Kier alpha value is -2.57. The summed E-state index contributed by atoms with van der Waals surface area (Å²) < 4.78 is 38.8. The van der Waals surface area contributed by atoms with Crippen molar-refractivity contribution in [2.45, 2.75) is 6.18 Å². The highest BCUT2D eigenvalue weighted by molar-refractivity contribution is 5.98. The summed E-state index contributed by atoms with van der Waals surface area (Å²) in [4.78, 5) is 8.16. The average molecular weight is 306 g/mol. The second-order valence-electron chi connectivity index (χ2n) is 4.78. The molecular weight excluding hydrogens is 293 g/mol. The van der Waals surface area contributed by atoms with Crippen LogP contribution in [0.4, 0.5) is 18.9 Å². The molecule has 0 atom stereocenters. The lowest BCUT2D eigenvalue weighted by Crippen LogP contribution is -2.26. The van der Waals surface area contributed by atoms with E-state index < -0.39 is 11.7 Å². The predicted octanol–water partition coefficient (Wildman–Crippen LogP) is 3.14. The molecule has 7 heteroatoms. The summed E-state index contributed by atoms with van der Waals surface area (Å²) in [5.41, 5.74) is 0.890. The summed E-state index contributed by atoms with van der Waals surface area (Å²) in [6, 6.07) is 6.99. The Morgan fingerprint density at radius 3 is 2.68 bits per heavy atom. The molecule has 0 unspecified atom stereocenters. The molecule has 3 rings (SSSR count). The van der Waals surface area contributed by atoms with Gasteiger partial charge in [0, 0.05) is 35.8 Å². The van der Waals surface area contributed by atoms with Gasteiger partial charge in [0.2, 0.25) is 0 Å². The number of benzene rings is 1. The highest BCUT2D eigenvalue weighted by atomic mass is 19.4. The highest BCUT2D eigenvalue weighted by Crippen LogP contribution is 2.35. The summed E-state index contributed by atoms with van der Waals surface area (Å²) in [6.45, 7) is 1.36. The van der Waals surface area contributed by atoms with Gasteiger partial charge >= 0.3 is 6.18 Å². The van der Waals surface area contributed by atoms with E-state index in [0.717, 1.165) is 12.1 Å². The van der Waals surface area contributed by atoms with E-state index in [-0.39, 0.29) is 0 Å². The number of nitrogens with one attached hydrogen (secondary N) is 2. The Morgan fingerprint density at radius 1 is 1.18 bits per heavy atom. The summed E-state index contributed by atoms with van der Waals surface area (Å²) in [5, 5.41) is 6.06. The highest BCUT2D eigenvalue weighted by Gasteiger charge is 2.31. The van der Waals surface area contributed by atoms with E-state index in [1.54, 1.807) is 18.3 Å². The zero-order valence-corrected chi connectivity index (χ0v) is 11.5. The third-order valence-corrected chi connectivity index (χ3v) is 3.25. The number of aromatic nitrogens is 1. The molecule has 0 amide bonds. The molecule has 1 aliphatic rings. The Bertz CT molecular complexity index is 696. The van der Waals surface area contributed by atoms with Gasteiger partial charge in [-0.25, -0.2) is 0 Å². The van der Waals surface area contributed by atoms with Gasteiger partial charge in [-0.15, -0.1) is 0 Å². The number of guanidine groups is 1. The third-order valence-electron chi connectivity index (χ3n) is 3.25. The maximum atomic E-state index is 12.9. The van der Waals surface area contributed by atoms with Crippen molar-refractivity contribution in [1.29, 1.82) is 0 Å². The number of pyridine rings is 1. The van der Waals surface area contributed by atoms with Gasteiger partial charge in [0.15, 0.2) is 5.96 Å².